The number of pyridine rings is 4. The number of ketones is 2. The number of halogens is 4. The predicted molar refractivity (Wildman–Crippen MR) is 214 cm³/mol. The molecule has 0 spiro atoms. The normalized spacial score (nSPS) is 12.2. The second kappa shape index (κ2) is 16.5. The zero-order valence-corrected chi connectivity index (χ0v) is 31.9. The highest BCUT2D eigenvalue weighted by atomic mass is 35.5. The Kier molecular flexibility index (Phi) is 11.3. The number of Topliss-reactive ketones (excluding diaryl/α,β-unsaturated/α-hetero) is 2. The maximum absolute atomic E-state index is 12.9. The molecule has 1 aliphatic carbocycles. The Morgan fingerprint density at radius 1 is 0.679 bits per heavy atom. The minimum absolute atomic E-state index is 0.119. The Morgan fingerprint density at radius 2 is 1.16 bits per heavy atom. The van der Waals surface area contributed by atoms with Gasteiger partial charge in [0.2, 0.25) is 0 Å². The molecule has 1 fully saturated rings. The molecule has 0 saturated heterocycles. The van der Waals surface area contributed by atoms with Crippen LogP contribution in [0.2, 0.25) is 20.1 Å². The van der Waals surface area contributed by atoms with Crippen LogP contribution in [0.15, 0.2) is 98.1 Å². The number of hydrogen-bond acceptors (Lipinski definition) is 9. The van der Waals surface area contributed by atoms with Crippen LogP contribution >= 0.6 is 46.4 Å². The van der Waals surface area contributed by atoms with Crippen LogP contribution in [0, 0.1) is 5.92 Å². The molecule has 0 atom stereocenters. The highest BCUT2D eigenvalue weighted by molar-refractivity contribution is 6.51. The van der Waals surface area contributed by atoms with E-state index < -0.39 is 23.4 Å². The van der Waals surface area contributed by atoms with Crippen molar-refractivity contribution in [1.29, 1.82) is 0 Å². The summed E-state index contributed by atoms with van der Waals surface area (Å²) in [5.74, 6) is -2.37. The third-order valence-corrected chi connectivity index (χ3v) is 9.91. The molecule has 56 heavy (non-hydrogen) atoms. The maximum Gasteiger partial charge on any atom is 0.296 e. The number of fused-ring (bicyclic) bond motifs is 2. The summed E-state index contributed by atoms with van der Waals surface area (Å²) in [6, 6.07) is 13.7. The topological polar surface area (TPSA) is 174 Å². The van der Waals surface area contributed by atoms with Gasteiger partial charge in [-0.15, -0.1) is 0 Å². The standard InChI is InChI=1S/C21H14Cl2N4O3.C18H14Cl2N4O2/c22-16-8-24-9-17(23)18(16)26-21(30)19(29)15-11-27(20-14(15)5-2-6-25-20)10-12-3-1-4-13(28)7-12;19-13-6-21-7-14(20)15(13)23-18(26)16(25)12-9-24(8-10-3-4-10)17-11(12)2-1-5-22-17/h1-9,11,28H,10H2,(H,24,26,30);1-2,5-7,9-10H,3-4,8H2,(H,21,23,26). The van der Waals surface area contributed by atoms with Gasteiger partial charge in [-0.3, -0.25) is 29.1 Å². The second-order valence-corrected chi connectivity index (χ2v) is 14.4. The predicted octanol–water partition coefficient (Wildman–Crippen LogP) is 8.28. The highest BCUT2D eigenvalue weighted by Crippen LogP contribution is 2.34. The molecule has 1 aromatic carbocycles. The zero-order chi connectivity index (χ0) is 39.5. The molecule has 1 saturated carbocycles. The van der Waals surface area contributed by atoms with Crippen molar-refractivity contribution in [3.63, 3.8) is 0 Å². The minimum atomic E-state index is -0.884. The van der Waals surface area contributed by atoms with Crippen LogP contribution in [0.3, 0.4) is 0 Å². The lowest BCUT2D eigenvalue weighted by atomic mass is 10.1. The monoisotopic (exact) mass is 828 g/mol. The first kappa shape index (κ1) is 38.4. The summed E-state index contributed by atoms with van der Waals surface area (Å²) in [6.45, 7) is 1.16. The molecule has 7 aromatic rings. The second-order valence-electron chi connectivity index (χ2n) is 12.8. The van der Waals surface area contributed by atoms with Gasteiger partial charge >= 0.3 is 0 Å². The molecule has 13 nitrogen and oxygen atoms in total. The summed E-state index contributed by atoms with van der Waals surface area (Å²) in [7, 11) is 0. The van der Waals surface area contributed by atoms with Gasteiger partial charge in [-0.1, -0.05) is 58.5 Å². The molecule has 6 aromatic heterocycles. The van der Waals surface area contributed by atoms with E-state index in [9.17, 15) is 24.3 Å². The lowest BCUT2D eigenvalue weighted by molar-refractivity contribution is -0.113. The number of benzene rings is 1. The number of nitrogens with one attached hydrogen (secondary N) is 2. The molecule has 282 valence electrons. The van der Waals surface area contributed by atoms with Crippen LogP contribution in [0.25, 0.3) is 22.1 Å². The lowest BCUT2D eigenvalue weighted by Crippen LogP contribution is -2.23. The largest absolute Gasteiger partial charge is 0.508 e. The fraction of sp³-hybridized carbons (Fsp3) is 0.128. The molecule has 2 amide bonds. The van der Waals surface area contributed by atoms with Crippen LogP contribution in [0.4, 0.5) is 11.4 Å². The molecule has 8 rings (SSSR count). The third kappa shape index (κ3) is 8.36. The molecule has 0 unspecified atom stereocenters. The molecule has 0 radical (unpaired) electrons. The van der Waals surface area contributed by atoms with Crippen molar-refractivity contribution >= 4 is 103 Å². The fourth-order valence-corrected chi connectivity index (χ4v) is 6.86. The number of amides is 2. The van der Waals surface area contributed by atoms with Gasteiger partial charge in [0.05, 0.1) is 42.6 Å². The van der Waals surface area contributed by atoms with Crippen molar-refractivity contribution in [2.24, 2.45) is 5.92 Å². The van der Waals surface area contributed by atoms with Gasteiger partial charge in [0, 0.05) is 73.4 Å². The number of hydrogen-bond donors (Lipinski definition) is 3. The number of rotatable bonds is 10. The van der Waals surface area contributed by atoms with E-state index in [1.54, 1.807) is 71.8 Å². The number of nitrogens with zero attached hydrogens (tertiary/aromatic N) is 6. The van der Waals surface area contributed by atoms with Gasteiger partial charge in [-0.05, 0) is 60.7 Å². The first-order valence-corrected chi connectivity index (χ1v) is 18.4. The van der Waals surface area contributed by atoms with Gasteiger partial charge in [0.15, 0.2) is 0 Å². The van der Waals surface area contributed by atoms with Gasteiger partial charge in [-0.2, -0.15) is 0 Å². The van der Waals surface area contributed by atoms with E-state index in [2.05, 4.69) is 30.6 Å². The average Bonchev–Trinajstić information content (AvgIpc) is 3.84. The third-order valence-electron chi connectivity index (χ3n) is 8.77. The van der Waals surface area contributed by atoms with Crippen molar-refractivity contribution in [2.45, 2.75) is 25.9 Å². The Hall–Kier alpha value is -5.86. The Balaban J connectivity index is 0.000000173. The molecular formula is C39H28Cl4N8O5. The molecule has 17 heteroatoms. The number of aromatic nitrogens is 6. The first-order chi connectivity index (χ1) is 27.0. The number of carbonyl (C=O) groups excluding carboxylic acids is 4. The van der Waals surface area contributed by atoms with Crippen molar-refractivity contribution in [2.75, 3.05) is 10.6 Å². The quantitative estimate of drug-likeness (QED) is 0.0906. The number of aromatic hydroxyl groups is 1. The van der Waals surface area contributed by atoms with Gasteiger partial charge in [0.1, 0.15) is 17.0 Å². The summed E-state index contributed by atoms with van der Waals surface area (Å²) < 4.78 is 3.69. The first-order valence-electron chi connectivity index (χ1n) is 16.9. The Morgan fingerprint density at radius 3 is 1.64 bits per heavy atom. The molecular weight excluding hydrogens is 802 g/mol. The average molecular weight is 831 g/mol. The minimum Gasteiger partial charge on any atom is -0.508 e. The van der Waals surface area contributed by atoms with Crippen LogP contribution in [0.1, 0.15) is 39.1 Å². The summed E-state index contributed by atoms with van der Waals surface area (Å²) >= 11 is 24.0. The van der Waals surface area contributed by atoms with Crippen LogP contribution < -0.4 is 10.6 Å². The molecule has 0 bridgehead atoms. The summed E-state index contributed by atoms with van der Waals surface area (Å²) in [5.41, 5.74) is 2.85. The van der Waals surface area contributed by atoms with E-state index in [1.165, 1.54) is 37.6 Å². The van der Waals surface area contributed by atoms with Gasteiger partial charge in [-0.25, -0.2) is 9.97 Å². The van der Waals surface area contributed by atoms with E-state index in [-0.39, 0.29) is 42.8 Å². The van der Waals surface area contributed by atoms with Crippen LogP contribution in [-0.4, -0.2) is 57.6 Å². The molecule has 1 aliphatic rings. The van der Waals surface area contributed by atoms with Crippen molar-refractivity contribution < 1.29 is 24.3 Å². The van der Waals surface area contributed by atoms with Crippen LogP contribution in [-0.2, 0) is 22.7 Å². The molecule has 3 N–H and O–H groups in total. The Labute approximate surface area is 338 Å². The Bertz CT molecular complexity index is 2640. The summed E-state index contributed by atoms with van der Waals surface area (Å²) in [6.07, 6.45) is 14.2. The number of phenols is 1. The van der Waals surface area contributed by atoms with E-state index in [0.717, 1.165) is 12.1 Å². The van der Waals surface area contributed by atoms with Crippen molar-refractivity contribution in [1.82, 2.24) is 29.1 Å². The maximum atomic E-state index is 12.9. The highest BCUT2D eigenvalue weighted by Gasteiger charge is 2.27. The lowest BCUT2D eigenvalue weighted by Gasteiger charge is -2.07. The van der Waals surface area contributed by atoms with Gasteiger partial charge < -0.3 is 24.9 Å². The summed E-state index contributed by atoms with van der Waals surface area (Å²) in [5, 5.41) is 16.4. The number of phenolic OH excluding ortho intramolecular Hbond substituents is 1. The van der Waals surface area contributed by atoms with E-state index in [4.69, 9.17) is 46.4 Å². The molecule has 6 heterocycles. The van der Waals surface area contributed by atoms with E-state index in [1.807, 2.05) is 10.6 Å². The van der Waals surface area contributed by atoms with Gasteiger partial charge in [0.25, 0.3) is 23.4 Å². The number of anilines is 2. The van der Waals surface area contributed by atoms with Crippen molar-refractivity contribution in [3.05, 3.63) is 135 Å². The zero-order valence-electron chi connectivity index (χ0n) is 28.9. The number of carbonyl (C=O) groups is 4. The summed E-state index contributed by atoms with van der Waals surface area (Å²) in [4.78, 5) is 67.1. The van der Waals surface area contributed by atoms with Crippen molar-refractivity contribution in [3.8, 4) is 5.75 Å². The molecule has 0 aliphatic heterocycles. The fourth-order valence-electron chi connectivity index (χ4n) is 5.94. The van der Waals surface area contributed by atoms with E-state index >= 15 is 0 Å². The smallest absolute Gasteiger partial charge is 0.296 e. The SMILES string of the molecule is O=C(Nc1c(Cl)cncc1Cl)C(=O)c1cn(CC2CC2)c2ncccc12.O=C(Nc1c(Cl)cncc1Cl)C(=O)c1cn(Cc2cccc(O)c2)c2ncccc12. The van der Waals surface area contributed by atoms with E-state index in [0.29, 0.717) is 40.1 Å². The van der Waals surface area contributed by atoms with Crippen LogP contribution in [0.5, 0.6) is 5.75 Å².